The average molecular weight is 299 g/mol. The summed E-state index contributed by atoms with van der Waals surface area (Å²) in [6.07, 6.45) is 0. The van der Waals surface area contributed by atoms with Gasteiger partial charge >= 0.3 is 5.97 Å². The van der Waals surface area contributed by atoms with Crippen LogP contribution in [0.15, 0.2) is 36.4 Å². The van der Waals surface area contributed by atoms with Gasteiger partial charge in [0.1, 0.15) is 5.01 Å². The van der Waals surface area contributed by atoms with Crippen molar-refractivity contribution in [3.8, 4) is 10.6 Å². The van der Waals surface area contributed by atoms with E-state index in [0.29, 0.717) is 10.6 Å². The molecule has 7 heteroatoms. The molecule has 0 atom stereocenters. The smallest absolute Gasteiger partial charge is 0.336 e. The molecule has 0 saturated carbocycles. The standard InChI is InChI=1S/C14H9N3O3S/c15-11(18)13-17-16-12(21-13)10-8-4-2-1-3-7(8)5-6-9(10)14(19)20/h1-6H,(H2,15,18)(H,19,20). The number of nitrogens with zero attached hydrogens (tertiary/aromatic N) is 2. The molecule has 2 aromatic carbocycles. The minimum atomic E-state index is -1.06. The minimum absolute atomic E-state index is 0.0503. The normalized spacial score (nSPS) is 10.7. The van der Waals surface area contributed by atoms with E-state index in [9.17, 15) is 14.7 Å². The Bertz CT molecular complexity index is 873. The Kier molecular flexibility index (Phi) is 3.11. The zero-order valence-corrected chi connectivity index (χ0v) is 11.4. The maximum absolute atomic E-state index is 11.4. The highest BCUT2D eigenvalue weighted by atomic mass is 32.1. The molecule has 0 spiro atoms. The Balaban J connectivity index is 2.34. The average Bonchev–Trinajstić information content (AvgIpc) is 2.95. The van der Waals surface area contributed by atoms with Crippen LogP contribution in [0.5, 0.6) is 0 Å². The molecule has 6 nitrogen and oxygen atoms in total. The van der Waals surface area contributed by atoms with E-state index in [1.54, 1.807) is 6.07 Å². The molecule has 104 valence electrons. The van der Waals surface area contributed by atoms with Gasteiger partial charge in [-0.1, -0.05) is 41.7 Å². The summed E-state index contributed by atoms with van der Waals surface area (Å²) in [5.74, 6) is -1.75. The van der Waals surface area contributed by atoms with Crippen LogP contribution >= 0.6 is 11.3 Å². The number of aromatic nitrogens is 2. The fourth-order valence-corrected chi connectivity index (χ4v) is 2.87. The van der Waals surface area contributed by atoms with Crippen LogP contribution in [0.3, 0.4) is 0 Å². The zero-order chi connectivity index (χ0) is 15.0. The Morgan fingerprint density at radius 3 is 2.52 bits per heavy atom. The van der Waals surface area contributed by atoms with Gasteiger partial charge in [0.25, 0.3) is 5.91 Å². The first-order valence-electron chi connectivity index (χ1n) is 5.96. The Morgan fingerprint density at radius 2 is 1.86 bits per heavy atom. The van der Waals surface area contributed by atoms with Gasteiger partial charge in [-0.15, -0.1) is 10.2 Å². The maximum Gasteiger partial charge on any atom is 0.336 e. The van der Waals surface area contributed by atoms with Crippen molar-refractivity contribution in [3.63, 3.8) is 0 Å². The summed E-state index contributed by atoms with van der Waals surface area (Å²) < 4.78 is 0. The molecule has 0 bridgehead atoms. The molecule has 0 radical (unpaired) electrons. The van der Waals surface area contributed by atoms with Gasteiger partial charge in [0.15, 0.2) is 0 Å². The molecule has 3 rings (SSSR count). The van der Waals surface area contributed by atoms with Crippen LogP contribution in [-0.2, 0) is 0 Å². The van der Waals surface area contributed by atoms with Crippen LogP contribution in [0, 0.1) is 0 Å². The van der Waals surface area contributed by atoms with Crippen molar-refractivity contribution in [2.24, 2.45) is 5.73 Å². The second-order valence-corrected chi connectivity index (χ2v) is 5.27. The number of primary amides is 1. The van der Waals surface area contributed by atoms with Gasteiger partial charge in [-0.2, -0.15) is 0 Å². The molecule has 0 fully saturated rings. The van der Waals surface area contributed by atoms with Gasteiger partial charge in [0.2, 0.25) is 5.01 Å². The number of nitrogens with two attached hydrogens (primary N) is 1. The third kappa shape index (κ3) is 2.23. The van der Waals surface area contributed by atoms with Crippen LogP contribution in [0.1, 0.15) is 20.2 Å². The highest BCUT2D eigenvalue weighted by Crippen LogP contribution is 2.34. The number of benzene rings is 2. The van der Waals surface area contributed by atoms with Crippen molar-refractivity contribution in [2.75, 3.05) is 0 Å². The third-order valence-electron chi connectivity index (χ3n) is 3.01. The van der Waals surface area contributed by atoms with Gasteiger partial charge in [0.05, 0.1) is 5.56 Å². The van der Waals surface area contributed by atoms with E-state index in [1.807, 2.05) is 24.3 Å². The van der Waals surface area contributed by atoms with Gasteiger partial charge in [-0.3, -0.25) is 4.79 Å². The molecule has 1 heterocycles. The van der Waals surface area contributed by atoms with Crippen molar-refractivity contribution in [2.45, 2.75) is 0 Å². The topological polar surface area (TPSA) is 106 Å². The number of aromatic carboxylic acids is 1. The molecule has 0 aliphatic carbocycles. The van der Waals surface area contributed by atoms with Crippen molar-refractivity contribution in [3.05, 3.63) is 47.0 Å². The molecule has 0 aliphatic rings. The number of carbonyl (C=O) groups excluding carboxylic acids is 1. The van der Waals surface area contributed by atoms with Crippen LogP contribution in [-0.4, -0.2) is 27.2 Å². The Labute approximate surface area is 122 Å². The summed E-state index contributed by atoms with van der Waals surface area (Å²) in [6.45, 7) is 0. The summed E-state index contributed by atoms with van der Waals surface area (Å²) >= 11 is 0.980. The first-order valence-corrected chi connectivity index (χ1v) is 6.78. The second-order valence-electron chi connectivity index (χ2n) is 4.29. The molecule has 0 aliphatic heterocycles. The molecule has 0 unspecified atom stereocenters. The lowest BCUT2D eigenvalue weighted by atomic mass is 9.99. The molecule has 1 amide bonds. The van der Waals surface area contributed by atoms with Gasteiger partial charge in [0, 0.05) is 5.56 Å². The number of hydrogen-bond donors (Lipinski definition) is 2. The van der Waals surface area contributed by atoms with Crippen LogP contribution in [0.4, 0.5) is 0 Å². The van der Waals surface area contributed by atoms with Crippen LogP contribution in [0.2, 0.25) is 0 Å². The van der Waals surface area contributed by atoms with Gasteiger partial charge in [-0.05, 0) is 16.8 Å². The molecular formula is C14H9N3O3S. The largest absolute Gasteiger partial charge is 0.478 e. The lowest BCUT2D eigenvalue weighted by Crippen LogP contribution is -2.10. The van der Waals surface area contributed by atoms with E-state index in [4.69, 9.17) is 5.73 Å². The van der Waals surface area contributed by atoms with E-state index >= 15 is 0 Å². The van der Waals surface area contributed by atoms with E-state index in [-0.39, 0.29) is 10.6 Å². The highest BCUT2D eigenvalue weighted by molar-refractivity contribution is 7.16. The Morgan fingerprint density at radius 1 is 1.10 bits per heavy atom. The minimum Gasteiger partial charge on any atom is -0.478 e. The van der Waals surface area contributed by atoms with E-state index in [1.165, 1.54) is 6.07 Å². The molecule has 3 N–H and O–H groups in total. The van der Waals surface area contributed by atoms with Gasteiger partial charge in [-0.25, -0.2) is 4.79 Å². The number of hydrogen-bond acceptors (Lipinski definition) is 5. The first kappa shape index (κ1) is 13.2. The SMILES string of the molecule is NC(=O)c1nnc(-c2c(C(=O)O)ccc3ccccc23)s1. The Hall–Kier alpha value is -2.80. The maximum atomic E-state index is 11.4. The lowest BCUT2D eigenvalue weighted by molar-refractivity contribution is 0.0697. The highest BCUT2D eigenvalue weighted by Gasteiger charge is 2.19. The predicted molar refractivity (Wildman–Crippen MR) is 78.3 cm³/mol. The monoisotopic (exact) mass is 299 g/mol. The molecule has 0 saturated heterocycles. The number of rotatable bonds is 3. The number of carboxylic acid groups (broad SMARTS) is 1. The fraction of sp³-hybridized carbons (Fsp3) is 0. The van der Waals surface area contributed by atoms with E-state index in [0.717, 1.165) is 22.1 Å². The number of amides is 1. The third-order valence-corrected chi connectivity index (χ3v) is 3.96. The number of carboxylic acids is 1. The first-order chi connectivity index (χ1) is 10.1. The van der Waals surface area contributed by atoms with Crippen LogP contribution in [0.25, 0.3) is 21.3 Å². The number of carbonyl (C=O) groups is 2. The fourth-order valence-electron chi connectivity index (χ4n) is 2.10. The molecule has 21 heavy (non-hydrogen) atoms. The summed E-state index contributed by atoms with van der Waals surface area (Å²) in [5, 5.41) is 19.0. The van der Waals surface area contributed by atoms with E-state index in [2.05, 4.69) is 10.2 Å². The molecular weight excluding hydrogens is 290 g/mol. The quantitative estimate of drug-likeness (QED) is 0.770. The lowest BCUT2D eigenvalue weighted by Gasteiger charge is -2.07. The van der Waals surface area contributed by atoms with Crippen molar-refractivity contribution < 1.29 is 14.7 Å². The summed E-state index contributed by atoms with van der Waals surface area (Å²) in [5.41, 5.74) is 5.73. The predicted octanol–water partition coefficient (Wildman–Crippen LogP) is 2.16. The van der Waals surface area contributed by atoms with Crippen molar-refractivity contribution in [1.82, 2.24) is 10.2 Å². The zero-order valence-electron chi connectivity index (χ0n) is 10.6. The molecule has 3 aromatic rings. The summed E-state index contributed by atoms with van der Waals surface area (Å²) in [4.78, 5) is 22.6. The summed E-state index contributed by atoms with van der Waals surface area (Å²) in [7, 11) is 0. The van der Waals surface area contributed by atoms with Crippen molar-refractivity contribution >= 4 is 34.0 Å². The van der Waals surface area contributed by atoms with E-state index < -0.39 is 11.9 Å². The van der Waals surface area contributed by atoms with Crippen molar-refractivity contribution in [1.29, 1.82) is 0 Å². The van der Waals surface area contributed by atoms with Gasteiger partial charge < -0.3 is 10.8 Å². The van der Waals surface area contributed by atoms with Crippen LogP contribution < -0.4 is 5.73 Å². The second kappa shape index (κ2) is 4.95. The summed E-state index contributed by atoms with van der Waals surface area (Å²) in [6, 6.07) is 10.6. The number of fused-ring (bicyclic) bond motifs is 1. The molecule has 1 aromatic heterocycles.